The third kappa shape index (κ3) is 2.83. The molecule has 1 unspecified atom stereocenters. The number of amides is 1. The SMILES string of the molecule is O=C(c1ccccc1Cl)N1CCSC1c1ccc(F)cc1F. The summed E-state index contributed by atoms with van der Waals surface area (Å²) in [5, 5.41) is -0.105. The van der Waals surface area contributed by atoms with Gasteiger partial charge in [0.25, 0.3) is 5.91 Å². The molecular formula is C16H12ClF2NOS. The van der Waals surface area contributed by atoms with E-state index in [1.54, 1.807) is 29.2 Å². The topological polar surface area (TPSA) is 20.3 Å². The molecule has 0 spiro atoms. The fourth-order valence-electron chi connectivity index (χ4n) is 2.43. The van der Waals surface area contributed by atoms with Crippen molar-refractivity contribution in [2.24, 2.45) is 0 Å². The molecule has 0 N–H and O–H groups in total. The summed E-state index contributed by atoms with van der Waals surface area (Å²) in [6, 6.07) is 10.2. The molecule has 0 saturated carbocycles. The molecule has 2 aromatic carbocycles. The van der Waals surface area contributed by atoms with Crippen LogP contribution in [-0.4, -0.2) is 23.1 Å². The molecule has 22 heavy (non-hydrogen) atoms. The third-order valence-corrected chi connectivity index (χ3v) is 5.06. The summed E-state index contributed by atoms with van der Waals surface area (Å²) in [7, 11) is 0. The number of thioether (sulfide) groups is 1. The average molecular weight is 340 g/mol. The van der Waals surface area contributed by atoms with Crippen molar-refractivity contribution >= 4 is 29.3 Å². The molecule has 1 saturated heterocycles. The van der Waals surface area contributed by atoms with Crippen LogP contribution in [0.25, 0.3) is 0 Å². The smallest absolute Gasteiger partial charge is 0.256 e. The molecule has 0 aromatic heterocycles. The van der Waals surface area contributed by atoms with Crippen molar-refractivity contribution in [3.63, 3.8) is 0 Å². The Morgan fingerprint density at radius 3 is 2.73 bits per heavy atom. The van der Waals surface area contributed by atoms with Gasteiger partial charge in [0.15, 0.2) is 0 Å². The fraction of sp³-hybridized carbons (Fsp3) is 0.188. The Labute approximate surface area is 136 Å². The number of carbonyl (C=O) groups excluding carboxylic acids is 1. The molecule has 114 valence electrons. The highest BCUT2D eigenvalue weighted by Gasteiger charge is 2.33. The van der Waals surface area contributed by atoms with E-state index in [1.165, 1.54) is 23.9 Å². The van der Waals surface area contributed by atoms with Crippen LogP contribution in [0.1, 0.15) is 21.3 Å². The Morgan fingerprint density at radius 2 is 2.00 bits per heavy atom. The first kappa shape index (κ1) is 15.3. The summed E-state index contributed by atoms with van der Waals surface area (Å²) in [6.07, 6.45) is 0. The minimum atomic E-state index is -0.642. The Morgan fingerprint density at radius 1 is 1.23 bits per heavy atom. The van der Waals surface area contributed by atoms with E-state index in [-0.39, 0.29) is 5.91 Å². The first-order valence-corrected chi connectivity index (χ1v) is 8.12. The molecule has 2 aromatic rings. The van der Waals surface area contributed by atoms with Crippen molar-refractivity contribution in [3.8, 4) is 0 Å². The quantitative estimate of drug-likeness (QED) is 0.802. The van der Waals surface area contributed by atoms with Crippen molar-refractivity contribution in [1.82, 2.24) is 4.90 Å². The fourth-order valence-corrected chi connectivity index (χ4v) is 3.92. The van der Waals surface area contributed by atoms with Crippen molar-refractivity contribution in [2.45, 2.75) is 5.37 Å². The average Bonchev–Trinajstić information content (AvgIpc) is 2.96. The monoisotopic (exact) mass is 339 g/mol. The molecule has 2 nitrogen and oxygen atoms in total. The highest BCUT2D eigenvalue weighted by atomic mass is 35.5. The second kappa shape index (κ2) is 6.26. The summed E-state index contributed by atoms with van der Waals surface area (Å²) in [5.41, 5.74) is 0.698. The molecule has 1 aliphatic heterocycles. The third-order valence-electron chi connectivity index (χ3n) is 3.48. The van der Waals surface area contributed by atoms with Gasteiger partial charge < -0.3 is 4.90 Å². The van der Waals surface area contributed by atoms with Crippen LogP contribution in [0.4, 0.5) is 8.78 Å². The van der Waals surface area contributed by atoms with E-state index < -0.39 is 17.0 Å². The predicted molar refractivity (Wildman–Crippen MR) is 84.0 cm³/mol. The largest absolute Gasteiger partial charge is 0.322 e. The minimum Gasteiger partial charge on any atom is -0.322 e. The lowest BCUT2D eigenvalue weighted by Gasteiger charge is -2.25. The highest BCUT2D eigenvalue weighted by Crippen LogP contribution is 2.40. The van der Waals surface area contributed by atoms with Gasteiger partial charge in [0.2, 0.25) is 0 Å². The predicted octanol–water partition coefficient (Wildman–Crippen LogP) is 4.51. The Balaban J connectivity index is 1.93. The molecule has 0 radical (unpaired) electrons. The van der Waals surface area contributed by atoms with E-state index in [9.17, 15) is 13.6 Å². The van der Waals surface area contributed by atoms with Crippen LogP contribution >= 0.6 is 23.4 Å². The molecule has 1 aliphatic rings. The van der Waals surface area contributed by atoms with E-state index >= 15 is 0 Å². The summed E-state index contributed by atoms with van der Waals surface area (Å²) >= 11 is 7.52. The van der Waals surface area contributed by atoms with Crippen LogP contribution in [0.15, 0.2) is 42.5 Å². The van der Waals surface area contributed by atoms with Gasteiger partial charge in [0.05, 0.1) is 10.6 Å². The molecule has 1 fully saturated rings. The van der Waals surface area contributed by atoms with Crippen LogP contribution < -0.4 is 0 Å². The lowest BCUT2D eigenvalue weighted by atomic mass is 10.1. The zero-order valence-electron chi connectivity index (χ0n) is 11.4. The molecule has 1 amide bonds. The molecule has 1 heterocycles. The number of hydrogen-bond donors (Lipinski definition) is 0. The number of carbonyl (C=O) groups is 1. The summed E-state index contributed by atoms with van der Waals surface area (Å²) < 4.78 is 27.1. The van der Waals surface area contributed by atoms with Crippen molar-refractivity contribution in [1.29, 1.82) is 0 Å². The van der Waals surface area contributed by atoms with Gasteiger partial charge in [-0.25, -0.2) is 8.78 Å². The van der Waals surface area contributed by atoms with Gasteiger partial charge in [-0.3, -0.25) is 4.79 Å². The number of halogens is 3. The van der Waals surface area contributed by atoms with E-state index in [4.69, 9.17) is 11.6 Å². The lowest BCUT2D eigenvalue weighted by molar-refractivity contribution is 0.0759. The highest BCUT2D eigenvalue weighted by molar-refractivity contribution is 7.99. The molecule has 0 aliphatic carbocycles. The van der Waals surface area contributed by atoms with Gasteiger partial charge in [-0.15, -0.1) is 11.8 Å². The number of hydrogen-bond acceptors (Lipinski definition) is 2. The number of benzene rings is 2. The van der Waals surface area contributed by atoms with E-state index in [0.29, 0.717) is 28.4 Å². The standard InChI is InChI=1S/C16H12ClF2NOS/c17-13-4-2-1-3-11(13)15(21)20-7-8-22-16(20)12-6-5-10(18)9-14(12)19/h1-6,9,16H,7-8H2. The zero-order valence-corrected chi connectivity index (χ0v) is 13.0. The van der Waals surface area contributed by atoms with Gasteiger partial charge in [-0.1, -0.05) is 29.8 Å². The molecule has 6 heteroatoms. The molecule has 1 atom stereocenters. The van der Waals surface area contributed by atoms with E-state index in [2.05, 4.69) is 0 Å². The van der Waals surface area contributed by atoms with Gasteiger partial charge in [0.1, 0.15) is 17.0 Å². The van der Waals surface area contributed by atoms with Crippen LogP contribution in [0.5, 0.6) is 0 Å². The van der Waals surface area contributed by atoms with Crippen LogP contribution in [0.3, 0.4) is 0 Å². The second-order valence-electron chi connectivity index (χ2n) is 4.87. The van der Waals surface area contributed by atoms with Crippen LogP contribution in [0, 0.1) is 11.6 Å². The lowest BCUT2D eigenvalue weighted by Crippen LogP contribution is -2.31. The van der Waals surface area contributed by atoms with Crippen molar-refractivity contribution in [2.75, 3.05) is 12.3 Å². The maximum Gasteiger partial charge on any atom is 0.256 e. The Hall–Kier alpha value is -1.59. The first-order valence-electron chi connectivity index (χ1n) is 6.70. The Kier molecular flexibility index (Phi) is 4.36. The van der Waals surface area contributed by atoms with Gasteiger partial charge >= 0.3 is 0 Å². The van der Waals surface area contributed by atoms with E-state index in [1.807, 2.05) is 0 Å². The maximum absolute atomic E-state index is 14.0. The van der Waals surface area contributed by atoms with Crippen molar-refractivity contribution < 1.29 is 13.6 Å². The summed E-state index contributed by atoms with van der Waals surface area (Å²) in [5.74, 6) is -0.827. The molecule has 3 rings (SSSR count). The Bertz CT molecular complexity index is 725. The van der Waals surface area contributed by atoms with Gasteiger partial charge in [-0.2, -0.15) is 0 Å². The van der Waals surface area contributed by atoms with Crippen LogP contribution in [0.2, 0.25) is 5.02 Å². The summed E-state index contributed by atoms with van der Waals surface area (Å²) in [6.45, 7) is 0.496. The maximum atomic E-state index is 14.0. The molecule has 0 bridgehead atoms. The minimum absolute atomic E-state index is 0.246. The van der Waals surface area contributed by atoms with Crippen LogP contribution in [-0.2, 0) is 0 Å². The van der Waals surface area contributed by atoms with E-state index in [0.717, 1.165) is 6.07 Å². The number of nitrogens with zero attached hydrogens (tertiary/aromatic N) is 1. The molecular weight excluding hydrogens is 328 g/mol. The van der Waals surface area contributed by atoms with Crippen molar-refractivity contribution in [3.05, 3.63) is 70.2 Å². The van der Waals surface area contributed by atoms with Gasteiger partial charge in [-0.05, 0) is 18.2 Å². The van der Waals surface area contributed by atoms with Gasteiger partial charge in [0, 0.05) is 23.9 Å². The summed E-state index contributed by atoms with van der Waals surface area (Å²) in [4.78, 5) is 14.2. The zero-order chi connectivity index (χ0) is 15.7. The first-order chi connectivity index (χ1) is 10.6. The normalized spacial score (nSPS) is 17.8. The second-order valence-corrected chi connectivity index (χ2v) is 6.46. The number of rotatable bonds is 2.